The lowest BCUT2D eigenvalue weighted by molar-refractivity contribution is 0.932. The number of aryl methyl sites for hydroxylation is 2. The lowest BCUT2D eigenvalue weighted by atomic mass is 10.3. The molecule has 74 valence electrons. The second-order valence-corrected chi connectivity index (χ2v) is 2.98. The van der Waals surface area contributed by atoms with E-state index >= 15 is 0 Å². The minimum atomic E-state index is -0.498. The maximum atomic E-state index is 11.3. The fourth-order valence-corrected chi connectivity index (χ4v) is 1.39. The van der Waals surface area contributed by atoms with Crippen molar-refractivity contribution < 1.29 is 0 Å². The number of nitrogens with zero attached hydrogens (tertiary/aromatic N) is 2. The maximum Gasteiger partial charge on any atom is 0.349 e. The van der Waals surface area contributed by atoms with Crippen LogP contribution < -0.4 is 11.4 Å². The SMILES string of the molecule is Cc1n[nH]c(C)c1-n1c(=O)[nH][nH]c1=O. The number of aromatic amines is 3. The highest BCUT2D eigenvalue weighted by molar-refractivity contribution is 5.39. The topological polar surface area (TPSA) is 99.3 Å². The van der Waals surface area contributed by atoms with Gasteiger partial charge >= 0.3 is 11.4 Å². The molecule has 0 aliphatic carbocycles. The Kier molecular flexibility index (Phi) is 1.66. The van der Waals surface area contributed by atoms with Crippen molar-refractivity contribution in [1.29, 1.82) is 0 Å². The molecule has 0 spiro atoms. The van der Waals surface area contributed by atoms with Crippen LogP contribution in [0.5, 0.6) is 0 Å². The molecule has 3 N–H and O–H groups in total. The molecule has 0 saturated heterocycles. The van der Waals surface area contributed by atoms with E-state index in [0.29, 0.717) is 17.1 Å². The first-order chi connectivity index (χ1) is 6.61. The van der Waals surface area contributed by atoms with Crippen molar-refractivity contribution >= 4 is 0 Å². The summed E-state index contributed by atoms with van der Waals surface area (Å²) in [7, 11) is 0. The van der Waals surface area contributed by atoms with Gasteiger partial charge in [-0.25, -0.2) is 24.4 Å². The summed E-state index contributed by atoms with van der Waals surface area (Å²) in [5.41, 5.74) is 0.784. The number of H-pyrrole nitrogens is 3. The molecule has 0 aliphatic heterocycles. The van der Waals surface area contributed by atoms with Gasteiger partial charge in [0.2, 0.25) is 0 Å². The van der Waals surface area contributed by atoms with Crippen LogP contribution in [0.3, 0.4) is 0 Å². The molecule has 0 aromatic carbocycles. The van der Waals surface area contributed by atoms with Gasteiger partial charge in [0.05, 0.1) is 17.1 Å². The molecule has 2 heterocycles. The van der Waals surface area contributed by atoms with Crippen molar-refractivity contribution in [2.24, 2.45) is 0 Å². The maximum absolute atomic E-state index is 11.3. The van der Waals surface area contributed by atoms with Gasteiger partial charge in [-0.05, 0) is 13.8 Å². The summed E-state index contributed by atoms with van der Waals surface area (Å²) in [5.74, 6) is 0. The van der Waals surface area contributed by atoms with Gasteiger partial charge < -0.3 is 0 Å². The van der Waals surface area contributed by atoms with Crippen LogP contribution in [0.2, 0.25) is 0 Å². The number of aromatic nitrogens is 5. The minimum absolute atomic E-state index is 0.498. The van der Waals surface area contributed by atoms with Gasteiger partial charge in [0, 0.05) is 0 Å². The summed E-state index contributed by atoms with van der Waals surface area (Å²) in [6.07, 6.45) is 0. The molecule has 0 amide bonds. The monoisotopic (exact) mass is 195 g/mol. The lowest BCUT2D eigenvalue weighted by Gasteiger charge is -1.96. The van der Waals surface area contributed by atoms with Crippen molar-refractivity contribution in [1.82, 2.24) is 25.0 Å². The smallest absolute Gasteiger partial charge is 0.280 e. The highest BCUT2D eigenvalue weighted by Crippen LogP contribution is 2.10. The summed E-state index contributed by atoms with van der Waals surface area (Å²) in [6.45, 7) is 3.46. The molecule has 14 heavy (non-hydrogen) atoms. The van der Waals surface area contributed by atoms with Crippen LogP contribution in [-0.4, -0.2) is 25.0 Å². The Morgan fingerprint density at radius 2 is 1.71 bits per heavy atom. The summed E-state index contributed by atoms with van der Waals surface area (Å²) in [5, 5.41) is 11.0. The first-order valence-corrected chi connectivity index (χ1v) is 4.03. The van der Waals surface area contributed by atoms with Crippen LogP contribution in [0.1, 0.15) is 11.4 Å². The van der Waals surface area contributed by atoms with E-state index in [1.807, 2.05) is 0 Å². The Hall–Kier alpha value is -2.05. The van der Waals surface area contributed by atoms with Crippen molar-refractivity contribution in [2.45, 2.75) is 13.8 Å². The molecule has 0 fully saturated rings. The molecular weight excluding hydrogens is 186 g/mol. The predicted octanol–water partition coefficient (Wildman–Crippen LogP) is -0.806. The molecule has 0 atom stereocenters. The molecule has 2 rings (SSSR count). The zero-order chi connectivity index (χ0) is 10.3. The van der Waals surface area contributed by atoms with E-state index in [4.69, 9.17) is 0 Å². The van der Waals surface area contributed by atoms with E-state index in [9.17, 15) is 9.59 Å². The molecule has 0 unspecified atom stereocenters. The summed E-state index contributed by atoms with van der Waals surface area (Å²) in [6, 6.07) is 0. The van der Waals surface area contributed by atoms with Gasteiger partial charge in [-0.15, -0.1) is 0 Å². The van der Waals surface area contributed by atoms with Crippen molar-refractivity contribution in [3.8, 4) is 5.69 Å². The predicted molar refractivity (Wildman–Crippen MR) is 48.6 cm³/mol. The van der Waals surface area contributed by atoms with Crippen LogP contribution in [-0.2, 0) is 0 Å². The first kappa shape index (κ1) is 8.54. The molecule has 0 saturated carbocycles. The van der Waals surface area contributed by atoms with Gasteiger partial charge in [-0.3, -0.25) is 5.10 Å². The Balaban J connectivity index is 2.84. The highest BCUT2D eigenvalue weighted by Gasteiger charge is 2.13. The van der Waals surface area contributed by atoms with Crippen LogP contribution in [0.25, 0.3) is 5.69 Å². The number of hydrogen-bond acceptors (Lipinski definition) is 3. The summed E-state index contributed by atoms with van der Waals surface area (Å²) < 4.78 is 1.01. The first-order valence-electron chi connectivity index (χ1n) is 4.03. The Bertz CT molecular complexity index is 522. The molecule has 2 aromatic heterocycles. The van der Waals surface area contributed by atoms with E-state index < -0.39 is 11.4 Å². The van der Waals surface area contributed by atoms with Gasteiger partial charge in [0.15, 0.2) is 0 Å². The Morgan fingerprint density at radius 3 is 2.14 bits per heavy atom. The third-order valence-corrected chi connectivity index (χ3v) is 2.00. The van der Waals surface area contributed by atoms with Crippen LogP contribution in [0.15, 0.2) is 9.59 Å². The average molecular weight is 195 g/mol. The second-order valence-electron chi connectivity index (χ2n) is 2.98. The van der Waals surface area contributed by atoms with Crippen molar-refractivity contribution in [2.75, 3.05) is 0 Å². The van der Waals surface area contributed by atoms with Gasteiger partial charge in [0.1, 0.15) is 0 Å². The second kappa shape index (κ2) is 2.72. The van der Waals surface area contributed by atoms with Gasteiger partial charge in [0.25, 0.3) is 0 Å². The molecule has 0 bridgehead atoms. The van der Waals surface area contributed by atoms with Crippen molar-refractivity contribution in [3.05, 3.63) is 32.4 Å². The molecule has 7 nitrogen and oxygen atoms in total. The quantitative estimate of drug-likeness (QED) is 0.555. The lowest BCUT2D eigenvalue weighted by Crippen LogP contribution is -2.25. The van der Waals surface area contributed by atoms with E-state index in [1.54, 1.807) is 13.8 Å². The molecular formula is C7H9N5O2. The zero-order valence-electron chi connectivity index (χ0n) is 7.71. The van der Waals surface area contributed by atoms with Crippen LogP contribution in [0, 0.1) is 13.8 Å². The fourth-order valence-electron chi connectivity index (χ4n) is 1.39. The average Bonchev–Trinajstić information content (AvgIpc) is 2.60. The summed E-state index contributed by atoms with van der Waals surface area (Å²) in [4.78, 5) is 22.6. The molecule has 7 heteroatoms. The molecule has 0 aliphatic rings. The standard InChI is InChI=1S/C7H9N5O2/c1-3-5(4(2)9-8-3)12-6(13)10-11-7(12)14/h1-2H3,(H,8,9)(H,10,13)(H,11,14). The molecule has 2 aromatic rings. The van der Waals surface area contributed by atoms with E-state index in [0.717, 1.165) is 4.57 Å². The fraction of sp³-hybridized carbons (Fsp3) is 0.286. The highest BCUT2D eigenvalue weighted by atomic mass is 16.2. The van der Waals surface area contributed by atoms with E-state index in [2.05, 4.69) is 20.4 Å². The van der Waals surface area contributed by atoms with Crippen LogP contribution >= 0.6 is 0 Å². The normalized spacial score (nSPS) is 10.7. The molecule has 0 radical (unpaired) electrons. The number of rotatable bonds is 1. The largest absolute Gasteiger partial charge is 0.349 e. The van der Waals surface area contributed by atoms with E-state index in [1.165, 1.54) is 0 Å². The number of nitrogens with one attached hydrogen (secondary N) is 3. The zero-order valence-corrected chi connectivity index (χ0v) is 7.71. The van der Waals surface area contributed by atoms with Crippen LogP contribution in [0.4, 0.5) is 0 Å². The third kappa shape index (κ3) is 1.02. The summed E-state index contributed by atoms with van der Waals surface area (Å²) >= 11 is 0. The van der Waals surface area contributed by atoms with Gasteiger partial charge in [-0.1, -0.05) is 0 Å². The van der Waals surface area contributed by atoms with Crippen molar-refractivity contribution in [3.63, 3.8) is 0 Å². The van der Waals surface area contributed by atoms with Gasteiger partial charge in [-0.2, -0.15) is 5.10 Å². The Labute approximate surface area is 77.8 Å². The van der Waals surface area contributed by atoms with E-state index in [-0.39, 0.29) is 0 Å². The Morgan fingerprint density at radius 1 is 1.14 bits per heavy atom. The third-order valence-electron chi connectivity index (χ3n) is 2.00. The minimum Gasteiger partial charge on any atom is -0.280 e. The number of hydrogen-bond donors (Lipinski definition) is 3.